The van der Waals surface area contributed by atoms with E-state index in [2.05, 4.69) is 63.1 Å². The number of nitrogens with zero attached hydrogens (tertiary/aromatic N) is 5. The maximum Gasteiger partial charge on any atom is 0.242 e. The zero-order valence-electron chi connectivity index (χ0n) is 15.4. The van der Waals surface area contributed by atoms with E-state index in [4.69, 9.17) is 0 Å². The number of thioether (sulfide) groups is 1. The van der Waals surface area contributed by atoms with Gasteiger partial charge in [0.15, 0.2) is 5.16 Å². The topological polar surface area (TPSA) is 48.5 Å². The molecule has 0 atom stereocenters. The molecule has 0 unspecified atom stereocenters. The van der Waals surface area contributed by atoms with E-state index in [0.717, 1.165) is 40.5 Å². The Morgan fingerprint density at radius 2 is 1.63 bits per heavy atom. The van der Waals surface area contributed by atoms with Crippen molar-refractivity contribution >= 4 is 11.8 Å². The molecule has 27 heavy (non-hydrogen) atoms. The second-order valence-electron chi connectivity index (χ2n) is 6.25. The highest BCUT2D eigenvalue weighted by molar-refractivity contribution is 7.98. The van der Waals surface area contributed by atoms with Gasteiger partial charge in [0.25, 0.3) is 0 Å². The molecule has 5 nitrogen and oxygen atoms in total. The number of hydrogen-bond acceptors (Lipinski definition) is 4. The molecule has 2 heterocycles. The fourth-order valence-corrected chi connectivity index (χ4v) is 3.91. The van der Waals surface area contributed by atoms with Crippen LogP contribution in [0, 0.1) is 6.92 Å². The number of rotatable bonds is 6. The first-order valence-electron chi connectivity index (χ1n) is 8.99. The van der Waals surface area contributed by atoms with Gasteiger partial charge >= 0.3 is 0 Å². The molecular formula is C21H21N5S. The Kier molecular flexibility index (Phi) is 5.07. The van der Waals surface area contributed by atoms with Crippen LogP contribution in [0.3, 0.4) is 0 Å². The minimum Gasteiger partial charge on any atom is -0.271 e. The van der Waals surface area contributed by atoms with E-state index in [1.807, 2.05) is 42.0 Å². The number of imidazole rings is 1. The maximum atomic E-state index is 4.62. The Morgan fingerprint density at radius 3 is 2.33 bits per heavy atom. The maximum absolute atomic E-state index is 4.62. The molecule has 0 aliphatic heterocycles. The molecule has 2 aromatic heterocycles. The van der Waals surface area contributed by atoms with Crippen LogP contribution in [0.5, 0.6) is 0 Å². The number of hydrogen-bond donors (Lipinski definition) is 0. The summed E-state index contributed by atoms with van der Waals surface area (Å²) in [6.07, 6.45) is 2.86. The lowest BCUT2D eigenvalue weighted by Crippen LogP contribution is -2.08. The smallest absolute Gasteiger partial charge is 0.242 e. The van der Waals surface area contributed by atoms with Gasteiger partial charge in [-0.05, 0) is 24.6 Å². The molecule has 0 amide bonds. The molecule has 0 saturated heterocycles. The monoisotopic (exact) mass is 375 g/mol. The third kappa shape index (κ3) is 3.66. The second-order valence-corrected chi connectivity index (χ2v) is 7.19. The lowest BCUT2D eigenvalue weighted by molar-refractivity contribution is 0.797. The van der Waals surface area contributed by atoms with Gasteiger partial charge in [-0.2, -0.15) is 0 Å². The average molecular weight is 376 g/mol. The molecule has 4 rings (SSSR count). The quantitative estimate of drug-likeness (QED) is 0.462. The van der Waals surface area contributed by atoms with Crippen LogP contribution in [-0.2, 0) is 12.2 Å². The van der Waals surface area contributed by atoms with Crippen molar-refractivity contribution in [3.05, 3.63) is 83.9 Å². The minimum absolute atomic E-state index is 0.772. The number of para-hydroxylation sites is 1. The van der Waals surface area contributed by atoms with Crippen molar-refractivity contribution < 1.29 is 0 Å². The molecule has 4 aromatic rings. The van der Waals surface area contributed by atoms with E-state index < -0.39 is 0 Å². The van der Waals surface area contributed by atoms with Gasteiger partial charge in [0, 0.05) is 18.4 Å². The van der Waals surface area contributed by atoms with Gasteiger partial charge < -0.3 is 0 Å². The number of aromatic nitrogens is 5. The van der Waals surface area contributed by atoms with Crippen molar-refractivity contribution in [2.75, 3.05) is 0 Å². The fourth-order valence-electron chi connectivity index (χ4n) is 3.01. The van der Waals surface area contributed by atoms with Crippen LogP contribution in [0.4, 0.5) is 0 Å². The summed E-state index contributed by atoms with van der Waals surface area (Å²) in [5, 5.41) is 9.88. The molecule has 0 N–H and O–H groups in total. The number of aryl methyl sites for hydroxylation is 2. The molecule has 2 aromatic carbocycles. The van der Waals surface area contributed by atoms with Crippen LogP contribution < -0.4 is 0 Å². The van der Waals surface area contributed by atoms with Crippen LogP contribution in [0.1, 0.15) is 24.0 Å². The summed E-state index contributed by atoms with van der Waals surface area (Å²) >= 11 is 1.69. The first-order valence-corrected chi connectivity index (χ1v) is 9.97. The van der Waals surface area contributed by atoms with E-state index in [9.17, 15) is 0 Å². The molecule has 0 fully saturated rings. The molecule has 136 valence electrons. The summed E-state index contributed by atoms with van der Waals surface area (Å²) in [4.78, 5) is 4.62. The van der Waals surface area contributed by atoms with Gasteiger partial charge in [0.1, 0.15) is 5.82 Å². The molecule has 0 aliphatic rings. The third-order valence-electron chi connectivity index (χ3n) is 4.27. The Labute approximate surface area is 163 Å². The van der Waals surface area contributed by atoms with Crippen LogP contribution >= 0.6 is 11.8 Å². The summed E-state index contributed by atoms with van der Waals surface area (Å²) in [6, 6.07) is 20.7. The van der Waals surface area contributed by atoms with Crippen molar-refractivity contribution in [1.82, 2.24) is 24.3 Å². The lowest BCUT2D eigenvalue weighted by Gasteiger charge is -2.11. The number of benzene rings is 2. The van der Waals surface area contributed by atoms with Gasteiger partial charge in [0.2, 0.25) is 5.95 Å². The van der Waals surface area contributed by atoms with Gasteiger partial charge in [-0.15, -0.1) is 10.2 Å². The zero-order valence-corrected chi connectivity index (χ0v) is 16.2. The van der Waals surface area contributed by atoms with E-state index in [0.29, 0.717) is 0 Å². The predicted molar refractivity (Wildman–Crippen MR) is 109 cm³/mol. The van der Waals surface area contributed by atoms with Gasteiger partial charge in [0.05, 0.1) is 11.4 Å². The summed E-state index contributed by atoms with van der Waals surface area (Å²) in [5.41, 5.74) is 3.29. The Morgan fingerprint density at radius 1 is 0.926 bits per heavy atom. The highest BCUT2D eigenvalue weighted by atomic mass is 32.2. The van der Waals surface area contributed by atoms with E-state index in [1.165, 1.54) is 5.56 Å². The molecule has 0 radical (unpaired) electrons. The highest BCUT2D eigenvalue weighted by Crippen LogP contribution is 2.27. The summed E-state index contributed by atoms with van der Waals surface area (Å²) in [6.45, 7) is 4.11. The average Bonchev–Trinajstić information content (AvgIpc) is 3.30. The van der Waals surface area contributed by atoms with Crippen LogP contribution in [0.25, 0.3) is 11.6 Å². The molecule has 6 heteroatoms. The van der Waals surface area contributed by atoms with E-state index in [1.54, 1.807) is 11.8 Å². The molecule has 0 saturated carbocycles. The lowest BCUT2D eigenvalue weighted by atomic mass is 10.2. The largest absolute Gasteiger partial charge is 0.271 e. The summed E-state index contributed by atoms with van der Waals surface area (Å²) in [5.74, 6) is 2.60. The summed E-state index contributed by atoms with van der Waals surface area (Å²) < 4.78 is 4.15. The minimum atomic E-state index is 0.772. The standard InChI is InChI=1S/C21H21N5S/c1-3-19-22-16(2)14-25(19)20-23-24-21(26(20)18-12-8-5-9-13-18)27-15-17-10-6-4-7-11-17/h4-14H,3,15H2,1-2H3. The van der Waals surface area contributed by atoms with Crippen LogP contribution in [0.15, 0.2) is 72.0 Å². The Hall–Kier alpha value is -2.86. The normalized spacial score (nSPS) is 11.0. The van der Waals surface area contributed by atoms with E-state index in [-0.39, 0.29) is 0 Å². The summed E-state index contributed by atoms with van der Waals surface area (Å²) in [7, 11) is 0. The zero-order chi connectivity index (χ0) is 18.6. The first kappa shape index (κ1) is 17.5. The van der Waals surface area contributed by atoms with Crippen molar-refractivity contribution in [1.29, 1.82) is 0 Å². The molecule has 0 aliphatic carbocycles. The van der Waals surface area contributed by atoms with E-state index >= 15 is 0 Å². The Balaban J connectivity index is 1.77. The van der Waals surface area contributed by atoms with Gasteiger partial charge in [-0.25, -0.2) is 4.98 Å². The molecule has 0 bridgehead atoms. The van der Waals surface area contributed by atoms with Crippen LogP contribution in [0.2, 0.25) is 0 Å². The van der Waals surface area contributed by atoms with Crippen molar-refractivity contribution in [3.8, 4) is 11.6 Å². The SMILES string of the molecule is CCc1nc(C)cn1-c1nnc(SCc2ccccc2)n1-c1ccccc1. The molecular weight excluding hydrogens is 354 g/mol. The first-order chi connectivity index (χ1) is 13.3. The van der Waals surface area contributed by atoms with Gasteiger partial charge in [-0.1, -0.05) is 67.2 Å². The van der Waals surface area contributed by atoms with Crippen molar-refractivity contribution in [2.24, 2.45) is 0 Å². The van der Waals surface area contributed by atoms with Crippen molar-refractivity contribution in [3.63, 3.8) is 0 Å². The third-order valence-corrected chi connectivity index (χ3v) is 5.27. The van der Waals surface area contributed by atoms with Crippen LogP contribution in [-0.4, -0.2) is 24.3 Å². The highest BCUT2D eigenvalue weighted by Gasteiger charge is 2.18. The second kappa shape index (κ2) is 7.80. The predicted octanol–water partition coefficient (Wildman–Crippen LogP) is 4.62. The van der Waals surface area contributed by atoms with Crippen molar-refractivity contribution in [2.45, 2.75) is 31.2 Å². The fraction of sp³-hybridized carbons (Fsp3) is 0.190. The van der Waals surface area contributed by atoms with Gasteiger partial charge in [-0.3, -0.25) is 9.13 Å². The molecule has 0 spiro atoms. The Bertz CT molecular complexity index is 1020.